The summed E-state index contributed by atoms with van der Waals surface area (Å²) in [5.41, 5.74) is 6.60. The normalized spacial score (nSPS) is 11.2. The number of benzene rings is 1. The standard InChI is InChI=1S/C10H16N4O/c1-14(10(11)13-12)7-8-5-3-4-6-9(8)15-2/h3-6H,7,12H2,1-2H3,(H2,11,13). The van der Waals surface area contributed by atoms with Crippen LogP contribution in [0, 0.1) is 0 Å². The quantitative estimate of drug-likeness (QED) is 0.324. The second-order valence-corrected chi connectivity index (χ2v) is 3.16. The zero-order valence-corrected chi connectivity index (χ0v) is 8.97. The van der Waals surface area contributed by atoms with Gasteiger partial charge in [-0.15, -0.1) is 5.10 Å². The zero-order valence-electron chi connectivity index (χ0n) is 8.97. The van der Waals surface area contributed by atoms with E-state index in [1.807, 2.05) is 31.3 Å². The van der Waals surface area contributed by atoms with Crippen LogP contribution in [0.5, 0.6) is 5.75 Å². The van der Waals surface area contributed by atoms with Gasteiger partial charge in [-0.1, -0.05) is 18.2 Å². The molecule has 4 N–H and O–H groups in total. The average Bonchev–Trinajstić information content (AvgIpc) is 2.28. The highest BCUT2D eigenvalue weighted by Gasteiger charge is 2.06. The van der Waals surface area contributed by atoms with Gasteiger partial charge >= 0.3 is 0 Å². The molecular weight excluding hydrogens is 192 g/mol. The fourth-order valence-electron chi connectivity index (χ4n) is 1.27. The van der Waals surface area contributed by atoms with Crippen LogP contribution in [-0.4, -0.2) is 25.0 Å². The first-order valence-corrected chi connectivity index (χ1v) is 4.55. The van der Waals surface area contributed by atoms with Crippen molar-refractivity contribution in [3.05, 3.63) is 29.8 Å². The first-order chi connectivity index (χ1) is 7.19. The Morgan fingerprint density at radius 3 is 2.73 bits per heavy atom. The van der Waals surface area contributed by atoms with E-state index in [0.29, 0.717) is 12.5 Å². The van der Waals surface area contributed by atoms with Gasteiger partial charge < -0.3 is 21.2 Å². The molecule has 5 heteroatoms. The van der Waals surface area contributed by atoms with E-state index >= 15 is 0 Å². The molecule has 1 aromatic rings. The van der Waals surface area contributed by atoms with E-state index in [1.54, 1.807) is 12.0 Å². The van der Waals surface area contributed by atoms with Gasteiger partial charge in [0, 0.05) is 19.2 Å². The number of methoxy groups -OCH3 is 1. The van der Waals surface area contributed by atoms with Crippen LogP contribution >= 0.6 is 0 Å². The second kappa shape index (κ2) is 5.09. The van der Waals surface area contributed by atoms with E-state index in [0.717, 1.165) is 11.3 Å². The molecule has 82 valence electrons. The molecule has 0 aliphatic rings. The van der Waals surface area contributed by atoms with Crippen molar-refractivity contribution in [2.24, 2.45) is 16.7 Å². The maximum atomic E-state index is 5.57. The van der Waals surface area contributed by atoms with Crippen molar-refractivity contribution in [3.8, 4) is 5.75 Å². The molecule has 1 rings (SSSR count). The lowest BCUT2D eigenvalue weighted by Gasteiger charge is -2.18. The van der Waals surface area contributed by atoms with Gasteiger partial charge in [-0.2, -0.15) is 0 Å². The number of guanidine groups is 1. The lowest BCUT2D eigenvalue weighted by atomic mass is 10.2. The third-order valence-electron chi connectivity index (χ3n) is 2.12. The molecule has 0 aliphatic carbocycles. The Balaban J connectivity index is 2.80. The van der Waals surface area contributed by atoms with E-state index in [1.165, 1.54) is 0 Å². The molecule has 0 amide bonds. The minimum Gasteiger partial charge on any atom is -0.496 e. The number of para-hydroxylation sites is 1. The monoisotopic (exact) mass is 208 g/mol. The Bertz CT molecular complexity index is 351. The molecular formula is C10H16N4O. The number of ether oxygens (including phenoxy) is 1. The van der Waals surface area contributed by atoms with Crippen molar-refractivity contribution in [2.75, 3.05) is 14.2 Å². The summed E-state index contributed by atoms with van der Waals surface area (Å²) in [6.07, 6.45) is 0. The predicted octanol–water partition coefficient (Wildman–Crippen LogP) is 0.315. The number of nitrogens with two attached hydrogens (primary N) is 2. The maximum absolute atomic E-state index is 5.57. The third kappa shape index (κ3) is 2.77. The van der Waals surface area contributed by atoms with Crippen molar-refractivity contribution in [1.82, 2.24) is 4.90 Å². The van der Waals surface area contributed by atoms with Gasteiger partial charge in [-0.3, -0.25) is 0 Å². The Hall–Kier alpha value is -1.91. The average molecular weight is 208 g/mol. The molecule has 1 aromatic carbocycles. The predicted molar refractivity (Wildman–Crippen MR) is 60.3 cm³/mol. The molecule has 0 atom stereocenters. The fraction of sp³-hybridized carbons (Fsp3) is 0.300. The van der Waals surface area contributed by atoms with Crippen LogP contribution in [-0.2, 0) is 6.54 Å². The SMILES string of the molecule is COc1ccccc1CN(C)C(N)=NN. The molecule has 0 heterocycles. The van der Waals surface area contributed by atoms with Gasteiger partial charge in [0.15, 0.2) is 0 Å². The minimum atomic E-state index is 0.293. The molecule has 0 saturated heterocycles. The Morgan fingerprint density at radius 2 is 2.13 bits per heavy atom. The van der Waals surface area contributed by atoms with Crippen molar-refractivity contribution < 1.29 is 4.74 Å². The summed E-state index contributed by atoms with van der Waals surface area (Å²) in [5, 5.41) is 3.42. The van der Waals surface area contributed by atoms with Crippen LogP contribution in [0.3, 0.4) is 0 Å². The van der Waals surface area contributed by atoms with Crippen molar-refractivity contribution in [3.63, 3.8) is 0 Å². The smallest absolute Gasteiger partial charge is 0.213 e. The van der Waals surface area contributed by atoms with Gasteiger partial charge in [-0.25, -0.2) is 0 Å². The molecule has 0 radical (unpaired) electrons. The summed E-state index contributed by atoms with van der Waals surface area (Å²) in [5.74, 6) is 6.21. The number of hydrazone groups is 1. The molecule has 0 unspecified atom stereocenters. The van der Waals surface area contributed by atoms with Crippen molar-refractivity contribution >= 4 is 5.96 Å². The minimum absolute atomic E-state index is 0.293. The van der Waals surface area contributed by atoms with E-state index in [4.69, 9.17) is 16.3 Å². The Labute approximate surface area is 89.3 Å². The zero-order chi connectivity index (χ0) is 11.3. The highest BCUT2D eigenvalue weighted by Crippen LogP contribution is 2.18. The highest BCUT2D eigenvalue weighted by atomic mass is 16.5. The van der Waals surface area contributed by atoms with Gasteiger partial charge in [0.05, 0.1) is 7.11 Å². The molecule has 0 bridgehead atoms. The topological polar surface area (TPSA) is 76.9 Å². The second-order valence-electron chi connectivity index (χ2n) is 3.16. The number of hydrogen-bond acceptors (Lipinski definition) is 3. The fourth-order valence-corrected chi connectivity index (χ4v) is 1.27. The molecule has 0 fully saturated rings. The van der Waals surface area contributed by atoms with E-state index < -0.39 is 0 Å². The third-order valence-corrected chi connectivity index (χ3v) is 2.12. The first kappa shape index (κ1) is 11.2. The van der Waals surface area contributed by atoms with E-state index in [9.17, 15) is 0 Å². The van der Waals surface area contributed by atoms with Gasteiger partial charge in [0.1, 0.15) is 5.75 Å². The molecule has 15 heavy (non-hydrogen) atoms. The van der Waals surface area contributed by atoms with Gasteiger partial charge in [0.25, 0.3) is 0 Å². The Kier molecular flexibility index (Phi) is 3.79. The summed E-state index contributed by atoms with van der Waals surface area (Å²) in [6.45, 7) is 0.608. The maximum Gasteiger partial charge on any atom is 0.213 e. The summed E-state index contributed by atoms with van der Waals surface area (Å²) in [4.78, 5) is 1.75. The van der Waals surface area contributed by atoms with Crippen LogP contribution in [0.2, 0.25) is 0 Å². The van der Waals surface area contributed by atoms with Crippen LogP contribution in [0.4, 0.5) is 0 Å². The number of nitrogens with zero attached hydrogens (tertiary/aromatic N) is 2. The van der Waals surface area contributed by atoms with Crippen molar-refractivity contribution in [2.45, 2.75) is 6.54 Å². The van der Waals surface area contributed by atoms with Crippen molar-refractivity contribution in [1.29, 1.82) is 0 Å². The molecule has 0 spiro atoms. The number of rotatable bonds is 3. The van der Waals surface area contributed by atoms with Crippen LogP contribution in [0.25, 0.3) is 0 Å². The molecule has 0 aliphatic heterocycles. The van der Waals surface area contributed by atoms with Gasteiger partial charge in [0.2, 0.25) is 5.96 Å². The summed E-state index contributed by atoms with van der Waals surface area (Å²) < 4.78 is 5.22. The van der Waals surface area contributed by atoms with Crippen LogP contribution in [0.1, 0.15) is 5.56 Å². The Morgan fingerprint density at radius 1 is 1.47 bits per heavy atom. The summed E-state index contributed by atoms with van der Waals surface area (Å²) >= 11 is 0. The molecule has 0 saturated carbocycles. The van der Waals surface area contributed by atoms with E-state index in [2.05, 4.69) is 5.10 Å². The molecule has 5 nitrogen and oxygen atoms in total. The lowest BCUT2D eigenvalue weighted by Crippen LogP contribution is -2.34. The molecule has 0 aromatic heterocycles. The van der Waals surface area contributed by atoms with E-state index in [-0.39, 0.29) is 0 Å². The van der Waals surface area contributed by atoms with Crippen LogP contribution in [0.15, 0.2) is 29.4 Å². The largest absolute Gasteiger partial charge is 0.496 e. The lowest BCUT2D eigenvalue weighted by molar-refractivity contribution is 0.397. The first-order valence-electron chi connectivity index (χ1n) is 4.55. The summed E-state index contributed by atoms with van der Waals surface area (Å²) in [7, 11) is 3.46. The highest BCUT2D eigenvalue weighted by molar-refractivity contribution is 5.77. The van der Waals surface area contributed by atoms with Crippen LogP contribution < -0.4 is 16.3 Å². The number of hydrogen-bond donors (Lipinski definition) is 2. The van der Waals surface area contributed by atoms with Gasteiger partial charge in [-0.05, 0) is 6.07 Å². The summed E-state index contributed by atoms with van der Waals surface area (Å²) in [6, 6.07) is 7.74.